The third kappa shape index (κ3) is 5.31. The predicted molar refractivity (Wildman–Crippen MR) is 96.2 cm³/mol. The second-order valence-electron chi connectivity index (χ2n) is 5.98. The summed E-state index contributed by atoms with van der Waals surface area (Å²) in [5, 5.41) is 13.1. The van der Waals surface area contributed by atoms with Gasteiger partial charge in [0.2, 0.25) is 0 Å². The summed E-state index contributed by atoms with van der Waals surface area (Å²) >= 11 is 0. The molecule has 0 radical (unpaired) electrons. The maximum atomic E-state index is 12.6. The molecule has 0 spiro atoms. The Labute approximate surface area is 153 Å². The molecule has 7 heteroatoms. The molecule has 2 aromatic rings. The summed E-state index contributed by atoms with van der Waals surface area (Å²) in [5.41, 5.74) is 2.29. The lowest BCUT2D eigenvalue weighted by Gasteiger charge is -2.21. The van der Waals surface area contributed by atoms with E-state index < -0.39 is 0 Å². The van der Waals surface area contributed by atoms with Crippen LogP contribution in [-0.2, 0) is 11.3 Å². The minimum atomic E-state index is -0.118. The monoisotopic (exact) mass is 362 g/mol. The number of aliphatic hydroxyl groups is 1. The maximum Gasteiger partial charge on any atom is 0.253 e. The van der Waals surface area contributed by atoms with Crippen LogP contribution >= 0.6 is 0 Å². The number of hydrogen-bond acceptors (Lipinski definition) is 6. The number of aryl methyl sites for hydroxylation is 2. The van der Waals surface area contributed by atoms with Crippen LogP contribution in [0.2, 0.25) is 0 Å². The van der Waals surface area contributed by atoms with E-state index in [2.05, 4.69) is 5.16 Å². The summed E-state index contributed by atoms with van der Waals surface area (Å²) in [6.45, 7) is 5.42. The zero-order chi connectivity index (χ0) is 18.9. The number of aliphatic hydroxyl groups excluding tert-OH is 1. The molecule has 26 heavy (non-hydrogen) atoms. The zero-order valence-electron chi connectivity index (χ0n) is 15.5. The van der Waals surface area contributed by atoms with Gasteiger partial charge in [0.1, 0.15) is 18.1 Å². The number of carbonyl (C=O) groups excluding carboxylic acids is 1. The van der Waals surface area contributed by atoms with Gasteiger partial charge in [-0.3, -0.25) is 4.79 Å². The topological polar surface area (TPSA) is 85.0 Å². The van der Waals surface area contributed by atoms with E-state index in [-0.39, 0.29) is 12.5 Å². The van der Waals surface area contributed by atoms with Crippen LogP contribution in [0, 0.1) is 13.8 Å². The Hall–Kier alpha value is -2.38. The third-order valence-electron chi connectivity index (χ3n) is 4.10. The first-order valence-corrected chi connectivity index (χ1v) is 8.60. The minimum absolute atomic E-state index is 0.0721. The smallest absolute Gasteiger partial charge is 0.253 e. The van der Waals surface area contributed by atoms with Gasteiger partial charge in [0, 0.05) is 32.4 Å². The Kier molecular flexibility index (Phi) is 7.62. The SMILES string of the molecule is COCCCN(CCO)C(=O)c1ccc(OCc2c(C)noc2C)cc1. The van der Waals surface area contributed by atoms with Gasteiger partial charge in [-0.1, -0.05) is 5.16 Å². The summed E-state index contributed by atoms with van der Waals surface area (Å²) in [6, 6.07) is 6.98. The van der Waals surface area contributed by atoms with Gasteiger partial charge in [-0.05, 0) is 44.5 Å². The molecule has 1 N–H and O–H groups in total. The van der Waals surface area contributed by atoms with E-state index in [9.17, 15) is 9.90 Å². The van der Waals surface area contributed by atoms with Gasteiger partial charge in [-0.15, -0.1) is 0 Å². The lowest BCUT2D eigenvalue weighted by atomic mass is 10.2. The molecule has 0 atom stereocenters. The first-order valence-electron chi connectivity index (χ1n) is 8.60. The highest BCUT2D eigenvalue weighted by atomic mass is 16.5. The van der Waals surface area contributed by atoms with Crippen molar-refractivity contribution >= 4 is 5.91 Å². The van der Waals surface area contributed by atoms with Gasteiger partial charge in [-0.25, -0.2) is 0 Å². The highest BCUT2D eigenvalue weighted by molar-refractivity contribution is 5.94. The zero-order valence-corrected chi connectivity index (χ0v) is 15.5. The molecule has 0 fully saturated rings. The van der Waals surface area contributed by atoms with Crippen LogP contribution < -0.4 is 4.74 Å². The van der Waals surface area contributed by atoms with E-state index in [0.717, 1.165) is 23.4 Å². The molecule has 7 nitrogen and oxygen atoms in total. The van der Waals surface area contributed by atoms with Crippen LogP contribution in [0.25, 0.3) is 0 Å². The number of hydrogen-bond donors (Lipinski definition) is 1. The van der Waals surface area contributed by atoms with Crippen molar-refractivity contribution in [2.75, 3.05) is 33.4 Å². The summed E-state index contributed by atoms with van der Waals surface area (Å²) in [7, 11) is 1.62. The summed E-state index contributed by atoms with van der Waals surface area (Å²) in [6.07, 6.45) is 0.723. The molecular formula is C19H26N2O5. The summed E-state index contributed by atoms with van der Waals surface area (Å²) < 4.78 is 15.9. The number of benzene rings is 1. The Bertz CT molecular complexity index is 677. The van der Waals surface area contributed by atoms with Crippen molar-refractivity contribution in [3.05, 3.63) is 46.8 Å². The molecule has 1 aromatic heterocycles. The van der Waals surface area contributed by atoms with Gasteiger partial charge < -0.3 is 24.0 Å². The highest BCUT2D eigenvalue weighted by Crippen LogP contribution is 2.18. The largest absolute Gasteiger partial charge is 0.489 e. The van der Waals surface area contributed by atoms with Crippen molar-refractivity contribution < 1.29 is 23.9 Å². The van der Waals surface area contributed by atoms with E-state index >= 15 is 0 Å². The normalized spacial score (nSPS) is 10.8. The van der Waals surface area contributed by atoms with E-state index in [1.807, 2.05) is 13.8 Å². The number of ether oxygens (including phenoxy) is 2. The lowest BCUT2D eigenvalue weighted by Crippen LogP contribution is -2.34. The quantitative estimate of drug-likeness (QED) is 0.653. The van der Waals surface area contributed by atoms with Crippen LogP contribution in [0.15, 0.2) is 28.8 Å². The molecule has 0 aliphatic carbocycles. The van der Waals surface area contributed by atoms with Gasteiger partial charge in [0.25, 0.3) is 5.91 Å². The summed E-state index contributed by atoms with van der Waals surface area (Å²) in [5.74, 6) is 1.28. The average Bonchev–Trinajstić information content (AvgIpc) is 2.97. The minimum Gasteiger partial charge on any atom is -0.489 e. The molecule has 2 rings (SSSR count). The lowest BCUT2D eigenvalue weighted by molar-refractivity contribution is 0.0701. The van der Waals surface area contributed by atoms with Crippen molar-refractivity contribution in [1.82, 2.24) is 10.1 Å². The number of aromatic nitrogens is 1. The van der Waals surface area contributed by atoms with E-state index in [1.165, 1.54) is 0 Å². The first-order chi connectivity index (χ1) is 12.6. The third-order valence-corrected chi connectivity index (χ3v) is 4.10. The van der Waals surface area contributed by atoms with E-state index in [0.29, 0.717) is 37.6 Å². The molecule has 1 aromatic carbocycles. The van der Waals surface area contributed by atoms with E-state index in [1.54, 1.807) is 36.3 Å². The molecule has 0 aliphatic rings. The van der Waals surface area contributed by atoms with Crippen LogP contribution in [-0.4, -0.2) is 54.5 Å². The van der Waals surface area contributed by atoms with Crippen molar-refractivity contribution in [2.45, 2.75) is 26.9 Å². The fourth-order valence-electron chi connectivity index (χ4n) is 2.58. The Morgan fingerprint density at radius 3 is 2.54 bits per heavy atom. The Balaban J connectivity index is 1.97. The summed E-state index contributed by atoms with van der Waals surface area (Å²) in [4.78, 5) is 14.2. The fraction of sp³-hybridized carbons (Fsp3) is 0.474. The van der Waals surface area contributed by atoms with Gasteiger partial charge in [0.15, 0.2) is 0 Å². The maximum absolute atomic E-state index is 12.6. The number of rotatable bonds is 10. The first kappa shape index (κ1) is 19.9. The Morgan fingerprint density at radius 2 is 1.96 bits per heavy atom. The van der Waals surface area contributed by atoms with Gasteiger partial charge >= 0.3 is 0 Å². The molecule has 1 amide bonds. The van der Waals surface area contributed by atoms with Crippen molar-refractivity contribution in [1.29, 1.82) is 0 Å². The van der Waals surface area contributed by atoms with Crippen molar-refractivity contribution in [3.63, 3.8) is 0 Å². The van der Waals surface area contributed by atoms with Gasteiger partial charge in [-0.2, -0.15) is 0 Å². The van der Waals surface area contributed by atoms with Crippen molar-refractivity contribution in [2.24, 2.45) is 0 Å². The highest BCUT2D eigenvalue weighted by Gasteiger charge is 2.15. The molecular weight excluding hydrogens is 336 g/mol. The molecule has 0 unspecified atom stereocenters. The number of nitrogens with zero attached hydrogens (tertiary/aromatic N) is 2. The van der Waals surface area contributed by atoms with Crippen LogP contribution in [0.4, 0.5) is 0 Å². The predicted octanol–water partition coefficient (Wildman–Crippen LogP) is 2.34. The number of amides is 1. The molecule has 0 saturated carbocycles. The fourth-order valence-corrected chi connectivity index (χ4v) is 2.58. The van der Waals surface area contributed by atoms with E-state index in [4.69, 9.17) is 14.0 Å². The van der Waals surface area contributed by atoms with Crippen molar-refractivity contribution in [3.8, 4) is 5.75 Å². The second-order valence-corrected chi connectivity index (χ2v) is 5.98. The molecule has 142 valence electrons. The van der Waals surface area contributed by atoms with Gasteiger partial charge in [0.05, 0.1) is 17.9 Å². The molecule has 0 aliphatic heterocycles. The standard InChI is InChI=1S/C19H26N2O5/c1-14-18(15(2)26-20-14)13-25-17-7-5-16(6-8-17)19(23)21(10-11-22)9-4-12-24-3/h5-8,22H,4,9-13H2,1-3H3. The van der Waals surface area contributed by atoms with Crippen LogP contribution in [0.5, 0.6) is 5.75 Å². The number of carbonyl (C=O) groups is 1. The second kappa shape index (κ2) is 9.94. The van der Waals surface area contributed by atoms with Crippen LogP contribution in [0.3, 0.4) is 0 Å². The molecule has 0 saturated heterocycles. The molecule has 1 heterocycles. The average molecular weight is 362 g/mol. The Morgan fingerprint density at radius 1 is 1.23 bits per heavy atom. The van der Waals surface area contributed by atoms with Crippen LogP contribution in [0.1, 0.15) is 33.8 Å². The molecule has 0 bridgehead atoms. The number of methoxy groups -OCH3 is 1.